The minimum atomic E-state index is -0.352. The number of H-pyrrole nitrogens is 1. The summed E-state index contributed by atoms with van der Waals surface area (Å²) >= 11 is 1.53. The third-order valence-electron chi connectivity index (χ3n) is 4.46. The number of thiophene rings is 1. The van der Waals surface area contributed by atoms with Gasteiger partial charge in [-0.25, -0.2) is 4.98 Å². The summed E-state index contributed by atoms with van der Waals surface area (Å²) in [6.07, 6.45) is 0.599. The van der Waals surface area contributed by atoms with Crippen LogP contribution in [0.15, 0.2) is 58.7 Å². The molecule has 0 aliphatic rings. The normalized spacial score (nSPS) is 10.8. The first-order valence-electron chi connectivity index (χ1n) is 9.75. The van der Waals surface area contributed by atoms with E-state index in [2.05, 4.69) is 20.4 Å². The van der Waals surface area contributed by atoms with Gasteiger partial charge in [0.1, 0.15) is 17.3 Å². The molecule has 0 radical (unpaired) electrons. The van der Waals surface area contributed by atoms with Crippen LogP contribution in [0.1, 0.15) is 18.2 Å². The number of hydrogen-bond donors (Lipinski definition) is 2. The van der Waals surface area contributed by atoms with Gasteiger partial charge in [0.2, 0.25) is 5.95 Å². The molecule has 9 heteroatoms. The van der Waals surface area contributed by atoms with Gasteiger partial charge in [-0.2, -0.15) is 9.78 Å². The predicted octanol–water partition coefficient (Wildman–Crippen LogP) is 3.57. The van der Waals surface area contributed by atoms with Crippen LogP contribution in [0.5, 0.6) is 5.75 Å². The third kappa shape index (κ3) is 4.89. The Kier molecular flexibility index (Phi) is 5.94. The number of ether oxygens (including phenoxy) is 1. The standard InChI is InChI=1S/C22H21N5O3S/c1-3-15-11-20(28)25-22(23-15)27-19(12-17(26-27)18-8-5-9-31-18)24-21(29)13-30-16-7-4-6-14(2)10-16/h4-12H,3,13H2,1-2H3,(H,24,29)(H,23,25,28). The van der Waals surface area contributed by atoms with Gasteiger partial charge in [-0.1, -0.05) is 25.1 Å². The lowest BCUT2D eigenvalue weighted by molar-refractivity contribution is -0.118. The number of hydrogen-bond acceptors (Lipinski definition) is 6. The molecule has 0 saturated carbocycles. The highest BCUT2D eigenvalue weighted by atomic mass is 32.1. The minimum Gasteiger partial charge on any atom is -0.484 e. The van der Waals surface area contributed by atoms with Gasteiger partial charge in [0.25, 0.3) is 11.5 Å². The lowest BCUT2D eigenvalue weighted by Gasteiger charge is -2.10. The maximum Gasteiger partial charge on any atom is 0.263 e. The number of aromatic nitrogens is 4. The number of aryl methyl sites for hydroxylation is 2. The molecule has 0 fully saturated rings. The van der Waals surface area contributed by atoms with Gasteiger partial charge in [-0.15, -0.1) is 11.3 Å². The van der Waals surface area contributed by atoms with Crippen molar-refractivity contribution in [3.63, 3.8) is 0 Å². The van der Waals surface area contributed by atoms with E-state index in [-0.39, 0.29) is 24.0 Å². The average molecular weight is 436 g/mol. The van der Waals surface area contributed by atoms with Crippen molar-refractivity contribution in [1.29, 1.82) is 0 Å². The largest absolute Gasteiger partial charge is 0.484 e. The molecule has 8 nitrogen and oxygen atoms in total. The quantitative estimate of drug-likeness (QED) is 0.462. The summed E-state index contributed by atoms with van der Waals surface area (Å²) < 4.78 is 7.02. The minimum absolute atomic E-state index is 0.165. The molecule has 0 unspecified atom stereocenters. The van der Waals surface area contributed by atoms with Gasteiger partial charge in [-0.05, 0) is 42.5 Å². The molecule has 0 spiro atoms. The molecular formula is C22H21N5O3S. The number of benzene rings is 1. The maximum absolute atomic E-state index is 12.6. The fourth-order valence-corrected chi connectivity index (χ4v) is 3.67. The molecule has 1 aromatic carbocycles. The van der Waals surface area contributed by atoms with Crippen molar-refractivity contribution in [3.05, 3.63) is 75.5 Å². The van der Waals surface area contributed by atoms with Crippen LogP contribution in [0.25, 0.3) is 16.5 Å². The van der Waals surface area contributed by atoms with Crippen LogP contribution < -0.4 is 15.6 Å². The number of nitrogens with zero attached hydrogens (tertiary/aromatic N) is 3. The fourth-order valence-electron chi connectivity index (χ4n) is 2.98. The summed E-state index contributed by atoms with van der Waals surface area (Å²) in [5, 5.41) is 9.32. The van der Waals surface area contributed by atoms with Gasteiger partial charge in [0.05, 0.1) is 4.88 Å². The fraction of sp³-hybridized carbons (Fsp3) is 0.182. The molecule has 4 rings (SSSR count). The van der Waals surface area contributed by atoms with Gasteiger partial charge in [-0.3, -0.25) is 14.6 Å². The van der Waals surface area contributed by atoms with Crippen molar-refractivity contribution in [2.75, 3.05) is 11.9 Å². The van der Waals surface area contributed by atoms with E-state index in [1.165, 1.54) is 22.1 Å². The lowest BCUT2D eigenvalue weighted by atomic mass is 10.2. The summed E-state index contributed by atoms with van der Waals surface area (Å²) in [6, 6.07) is 14.5. The number of amides is 1. The summed E-state index contributed by atoms with van der Waals surface area (Å²) in [5.41, 5.74) is 2.05. The first-order valence-corrected chi connectivity index (χ1v) is 10.6. The Balaban J connectivity index is 1.62. The van der Waals surface area contributed by atoms with Crippen LogP contribution in [0.2, 0.25) is 0 Å². The van der Waals surface area contributed by atoms with E-state index in [9.17, 15) is 9.59 Å². The van der Waals surface area contributed by atoms with E-state index in [1.807, 2.05) is 49.6 Å². The first kappa shape index (κ1) is 20.5. The molecule has 0 bridgehead atoms. The molecule has 4 aromatic rings. The van der Waals surface area contributed by atoms with Crippen molar-refractivity contribution in [2.45, 2.75) is 20.3 Å². The molecule has 0 atom stereocenters. The monoisotopic (exact) mass is 435 g/mol. The highest BCUT2D eigenvalue weighted by Crippen LogP contribution is 2.27. The Hall–Kier alpha value is -3.72. The van der Waals surface area contributed by atoms with Gasteiger partial charge < -0.3 is 10.1 Å². The number of aromatic amines is 1. The molecule has 3 heterocycles. The molecule has 0 aliphatic heterocycles. The zero-order valence-corrected chi connectivity index (χ0v) is 17.9. The molecular weight excluding hydrogens is 414 g/mol. The highest BCUT2D eigenvalue weighted by Gasteiger charge is 2.17. The van der Waals surface area contributed by atoms with E-state index in [0.717, 1.165) is 10.4 Å². The van der Waals surface area contributed by atoms with Crippen LogP contribution in [0.4, 0.5) is 5.82 Å². The van der Waals surface area contributed by atoms with E-state index in [1.54, 1.807) is 12.1 Å². The molecule has 158 valence electrons. The van der Waals surface area contributed by atoms with Crippen molar-refractivity contribution < 1.29 is 9.53 Å². The summed E-state index contributed by atoms with van der Waals surface area (Å²) in [6.45, 7) is 3.70. The Bertz CT molecular complexity index is 1260. The molecule has 0 saturated heterocycles. The second-order valence-electron chi connectivity index (χ2n) is 6.87. The second-order valence-corrected chi connectivity index (χ2v) is 7.82. The third-order valence-corrected chi connectivity index (χ3v) is 5.35. The smallest absolute Gasteiger partial charge is 0.263 e. The van der Waals surface area contributed by atoms with Crippen molar-refractivity contribution in [3.8, 4) is 22.3 Å². The Morgan fingerprint density at radius 1 is 1.23 bits per heavy atom. The highest BCUT2D eigenvalue weighted by molar-refractivity contribution is 7.13. The number of rotatable bonds is 7. The SMILES string of the molecule is CCc1cc(=O)[nH]c(-n2nc(-c3cccs3)cc2NC(=O)COc2cccc(C)c2)n1. The zero-order chi connectivity index (χ0) is 21.8. The average Bonchev–Trinajstić information content (AvgIpc) is 3.42. The predicted molar refractivity (Wildman–Crippen MR) is 120 cm³/mol. The molecule has 3 aromatic heterocycles. The van der Waals surface area contributed by atoms with Crippen LogP contribution in [0.3, 0.4) is 0 Å². The van der Waals surface area contributed by atoms with E-state index in [0.29, 0.717) is 29.4 Å². The summed E-state index contributed by atoms with van der Waals surface area (Å²) in [7, 11) is 0. The maximum atomic E-state index is 12.6. The number of carbonyl (C=O) groups is 1. The summed E-state index contributed by atoms with van der Waals surface area (Å²) in [5.74, 6) is 0.888. The van der Waals surface area contributed by atoms with E-state index < -0.39 is 0 Å². The molecule has 31 heavy (non-hydrogen) atoms. The first-order chi connectivity index (χ1) is 15.0. The Labute approximate surface area is 182 Å². The van der Waals surface area contributed by atoms with Crippen molar-refractivity contribution in [1.82, 2.24) is 19.7 Å². The van der Waals surface area contributed by atoms with Gasteiger partial charge in [0, 0.05) is 17.8 Å². The topological polar surface area (TPSA) is 102 Å². The van der Waals surface area contributed by atoms with Crippen LogP contribution in [-0.4, -0.2) is 32.3 Å². The van der Waals surface area contributed by atoms with E-state index >= 15 is 0 Å². The van der Waals surface area contributed by atoms with Crippen molar-refractivity contribution >= 4 is 23.1 Å². The van der Waals surface area contributed by atoms with Crippen molar-refractivity contribution in [2.24, 2.45) is 0 Å². The number of nitrogens with one attached hydrogen (secondary N) is 2. The van der Waals surface area contributed by atoms with E-state index in [4.69, 9.17) is 4.74 Å². The zero-order valence-electron chi connectivity index (χ0n) is 17.1. The number of carbonyl (C=O) groups excluding carboxylic acids is 1. The second kappa shape index (κ2) is 8.97. The summed E-state index contributed by atoms with van der Waals surface area (Å²) in [4.78, 5) is 32.7. The molecule has 2 N–H and O–H groups in total. The lowest BCUT2D eigenvalue weighted by Crippen LogP contribution is -2.23. The van der Waals surface area contributed by atoms with Crippen LogP contribution >= 0.6 is 11.3 Å². The Morgan fingerprint density at radius 2 is 2.10 bits per heavy atom. The Morgan fingerprint density at radius 3 is 2.84 bits per heavy atom. The van der Waals surface area contributed by atoms with Gasteiger partial charge in [0.15, 0.2) is 6.61 Å². The van der Waals surface area contributed by atoms with Crippen LogP contribution in [0, 0.1) is 6.92 Å². The molecule has 1 amide bonds. The van der Waals surface area contributed by atoms with Crippen LogP contribution in [-0.2, 0) is 11.2 Å². The number of anilines is 1. The van der Waals surface area contributed by atoms with Gasteiger partial charge >= 0.3 is 0 Å². The molecule has 0 aliphatic carbocycles.